The molecule has 2 heteroatoms. The minimum absolute atomic E-state index is 0.204. The average molecular weight is 260 g/mol. The predicted molar refractivity (Wildman–Crippen MR) is 83.6 cm³/mol. The van der Waals surface area contributed by atoms with E-state index in [4.69, 9.17) is 4.74 Å². The van der Waals surface area contributed by atoms with Crippen molar-refractivity contribution in [3.63, 3.8) is 0 Å². The summed E-state index contributed by atoms with van der Waals surface area (Å²) < 4.78 is 5.82. The molecule has 1 atom stereocenters. The Kier molecular flexibility index (Phi) is 6.09. The molecule has 1 rings (SSSR count). The molecule has 1 nitrogen and oxygen atoms in total. The second kappa shape index (κ2) is 7.34. The lowest BCUT2D eigenvalue weighted by Crippen LogP contribution is -2.27. The van der Waals surface area contributed by atoms with Crippen molar-refractivity contribution in [2.24, 2.45) is 0 Å². The first-order valence-electron chi connectivity index (χ1n) is 6.47. The molecule has 18 heavy (non-hydrogen) atoms. The van der Waals surface area contributed by atoms with Gasteiger partial charge in [-0.15, -0.1) is 6.58 Å². The molecule has 0 aliphatic heterocycles. The van der Waals surface area contributed by atoms with Crippen LogP contribution in [0.4, 0.5) is 0 Å². The number of rotatable bonds is 7. The highest BCUT2D eigenvalue weighted by Gasteiger charge is 2.18. The van der Waals surface area contributed by atoms with Crippen LogP contribution in [0.2, 0.25) is 25.7 Å². The van der Waals surface area contributed by atoms with Crippen LogP contribution in [0.25, 0.3) is 6.08 Å². The lowest BCUT2D eigenvalue weighted by atomic mass is 10.2. The van der Waals surface area contributed by atoms with E-state index in [9.17, 15) is 0 Å². The Bertz CT molecular complexity index is 376. The van der Waals surface area contributed by atoms with E-state index in [2.05, 4.69) is 62.6 Å². The minimum atomic E-state index is -1.12. The number of hydrogen-bond acceptors (Lipinski definition) is 1. The van der Waals surface area contributed by atoms with Gasteiger partial charge in [-0.1, -0.05) is 68.2 Å². The second-order valence-electron chi connectivity index (χ2n) is 5.70. The fraction of sp³-hybridized carbons (Fsp3) is 0.375. The molecule has 1 aromatic rings. The molecule has 0 radical (unpaired) electrons. The molecule has 0 N–H and O–H groups in total. The maximum Gasteiger partial charge on any atom is 0.0739 e. The van der Waals surface area contributed by atoms with Crippen LogP contribution in [0.3, 0.4) is 0 Å². The Morgan fingerprint density at radius 1 is 1.22 bits per heavy atom. The van der Waals surface area contributed by atoms with E-state index in [0.29, 0.717) is 6.61 Å². The molecular weight excluding hydrogens is 236 g/mol. The van der Waals surface area contributed by atoms with E-state index < -0.39 is 8.07 Å². The van der Waals surface area contributed by atoms with Crippen LogP contribution in [-0.2, 0) is 4.74 Å². The van der Waals surface area contributed by atoms with Crippen molar-refractivity contribution < 1.29 is 4.74 Å². The Balaban J connectivity index is 2.65. The van der Waals surface area contributed by atoms with Gasteiger partial charge in [0.1, 0.15) is 0 Å². The molecule has 0 fully saturated rings. The Hall–Kier alpha value is -1.12. The fourth-order valence-electron chi connectivity index (χ4n) is 1.76. The minimum Gasteiger partial charge on any atom is -0.370 e. The molecule has 0 amide bonds. The molecule has 0 aromatic heterocycles. The Morgan fingerprint density at radius 3 is 2.44 bits per heavy atom. The van der Waals surface area contributed by atoms with Gasteiger partial charge >= 0.3 is 0 Å². The number of benzene rings is 1. The maximum atomic E-state index is 5.82. The van der Waals surface area contributed by atoms with Gasteiger partial charge in [0.05, 0.1) is 12.7 Å². The summed E-state index contributed by atoms with van der Waals surface area (Å²) in [5.74, 6) is 0. The summed E-state index contributed by atoms with van der Waals surface area (Å²) in [4.78, 5) is 0. The van der Waals surface area contributed by atoms with Gasteiger partial charge in [0.2, 0.25) is 0 Å². The topological polar surface area (TPSA) is 9.23 Å². The molecule has 0 spiro atoms. The lowest BCUT2D eigenvalue weighted by molar-refractivity contribution is 0.122. The Labute approximate surface area is 112 Å². The van der Waals surface area contributed by atoms with Crippen LogP contribution in [-0.4, -0.2) is 20.8 Å². The molecule has 1 aromatic carbocycles. The van der Waals surface area contributed by atoms with E-state index in [1.807, 2.05) is 12.1 Å². The summed E-state index contributed by atoms with van der Waals surface area (Å²) in [6, 6.07) is 11.5. The molecule has 0 bridgehead atoms. The summed E-state index contributed by atoms with van der Waals surface area (Å²) in [6.07, 6.45) is 6.34. The fourth-order valence-corrected chi connectivity index (χ4v) is 3.22. The van der Waals surface area contributed by atoms with Gasteiger partial charge in [0.15, 0.2) is 0 Å². The van der Waals surface area contributed by atoms with Gasteiger partial charge in [-0.3, -0.25) is 0 Å². The van der Waals surface area contributed by atoms with Crippen LogP contribution < -0.4 is 0 Å². The van der Waals surface area contributed by atoms with Crippen molar-refractivity contribution in [1.82, 2.24) is 0 Å². The SMILES string of the molecule is C=CCO[C@@H](/C=C/c1ccccc1)C[Si](C)(C)C. The zero-order valence-corrected chi connectivity index (χ0v) is 12.7. The van der Waals surface area contributed by atoms with E-state index in [1.165, 1.54) is 5.56 Å². The van der Waals surface area contributed by atoms with E-state index in [-0.39, 0.29) is 6.10 Å². The van der Waals surface area contributed by atoms with Crippen LogP contribution in [0, 0.1) is 0 Å². The van der Waals surface area contributed by atoms with Gasteiger partial charge < -0.3 is 4.74 Å². The van der Waals surface area contributed by atoms with Crippen molar-refractivity contribution in [3.05, 3.63) is 54.6 Å². The summed E-state index contributed by atoms with van der Waals surface area (Å²) in [7, 11) is -1.12. The average Bonchev–Trinajstić information content (AvgIpc) is 2.32. The smallest absolute Gasteiger partial charge is 0.0739 e. The first kappa shape index (κ1) is 14.9. The normalized spacial score (nSPS) is 13.7. The quantitative estimate of drug-likeness (QED) is 0.514. The van der Waals surface area contributed by atoms with Crippen LogP contribution in [0.15, 0.2) is 49.1 Å². The number of hydrogen-bond donors (Lipinski definition) is 0. The summed E-state index contributed by atoms with van der Waals surface area (Å²) in [5, 5.41) is 0. The van der Waals surface area contributed by atoms with Gasteiger partial charge in [-0.2, -0.15) is 0 Å². The lowest BCUT2D eigenvalue weighted by Gasteiger charge is -2.22. The molecule has 0 saturated heterocycles. The van der Waals surface area contributed by atoms with Gasteiger partial charge in [0, 0.05) is 8.07 Å². The third kappa shape index (κ3) is 6.57. The van der Waals surface area contributed by atoms with Crippen molar-refractivity contribution in [1.29, 1.82) is 0 Å². The molecule has 0 saturated carbocycles. The third-order valence-electron chi connectivity index (χ3n) is 2.54. The summed E-state index contributed by atoms with van der Waals surface area (Å²) in [5.41, 5.74) is 1.22. The molecule has 0 aliphatic carbocycles. The van der Waals surface area contributed by atoms with Crippen LogP contribution in [0.1, 0.15) is 5.56 Å². The summed E-state index contributed by atoms with van der Waals surface area (Å²) >= 11 is 0. The summed E-state index contributed by atoms with van der Waals surface area (Å²) in [6.45, 7) is 11.4. The maximum absolute atomic E-state index is 5.82. The zero-order chi connectivity index (χ0) is 13.4. The molecule has 0 unspecified atom stereocenters. The molecule has 0 heterocycles. The van der Waals surface area contributed by atoms with Crippen molar-refractivity contribution in [2.45, 2.75) is 31.8 Å². The van der Waals surface area contributed by atoms with Crippen molar-refractivity contribution >= 4 is 14.1 Å². The first-order chi connectivity index (χ1) is 8.51. The second-order valence-corrected chi connectivity index (χ2v) is 11.2. The highest BCUT2D eigenvalue weighted by molar-refractivity contribution is 6.76. The van der Waals surface area contributed by atoms with Crippen LogP contribution in [0.5, 0.6) is 0 Å². The Morgan fingerprint density at radius 2 is 1.89 bits per heavy atom. The molecular formula is C16H24OSi. The molecule has 0 aliphatic rings. The van der Waals surface area contributed by atoms with Crippen molar-refractivity contribution in [3.8, 4) is 0 Å². The molecule has 98 valence electrons. The van der Waals surface area contributed by atoms with Crippen molar-refractivity contribution in [2.75, 3.05) is 6.61 Å². The first-order valence-corrected chi connectivity index (χ1v) is 10.2. The van der Waals surface area contributed by atoms with E-state index in [1.54, 1.807) is 0 Å². The van der Waals surface area contributed by atoms with Gasteiger partial charge in [0.25, 0.3) is 0 Å². The zero-order valence-electron chi connectivity index (χ0n) is 11.7. The highest BCUT2D eigenvalue weighted by Crippen LogP contribution is 2.16. The highest BCUT2D eigenvalue weighted by atomic mass is 28.3. The predicted octanol–water partition coefficient (Wildman–Crippen LogP) is 4.61. The monoisotopic (exact) mass is 260 g/mol. The van der Waals surface area contributed by atoms with Gasteiger partial charge in [-0.05, 0) is 11.6 Å². The largest absolute Gasteiger partial charge is 0.370 e. The van der Waals surface area contributed by atoms with E-state index >= 15 is 0 Å². The number of ether oxygens (including phenoxy) is 1. The standard InChI is InChI=1S/C16H24OSi/c1-5-13-17-16(14-18(2,3)4)12-11-15-9-7-6-8-10-15/h5-12,16H,1,13-14H2,2-4H3/b12-11+/t16-/m0/s1. The third-order valence-corrected chi connectivity index (χ3v) is 4.17. The van der Waals surface area contributed by atoms with Crippen LogP contribution >= 0.6 is 0 Å². The van der Waals surface area contributed by atoms with E-state index in [0.717, 1.165) is 6.04 Å². The van der Waals surface area contributed by atoms with Gasteiger partial charge in [-0.25, -0.2) is 0 Å².